The molecule has 0 aromatic heterocycles. The van der Waals surface area contributed by atoms with Crippen LogP contribution in [0.25, 0.3) is 0 Å². The summed E-state index contributed by atoms with van der Waals surface area (Å²) in [7, 11) is 0. The van der Waals surface area contributed by atoms with Gasteiger partial charge in [0.25, 0.3) is 0 Å². The molecule has 29 heavy (non-hydrogen) atoms. The minimum atomic E-state index is -0.512. The lowest BCUT2D eigenvalue weighted by molar-refractivity contribution is -0.151. The molecule has 2 aromatic rings. The predicted molar refractivity (Wildman–Crippen MR) is 111 cm³/mol. The van der Waals surface area contributed by atoms with Crippen LogP contribution in [0.1, 0.15) is 28.7 Å². The van der Waals surface area contributed by atoms with Crippen molar-refractivity contribution in [2.24, 2.45) is 23.7 Å². The van der Waals surface area contributed by atoms with E-state index in [-0.39, 0.29) is 23.8 Å². The van der Waals surface area contributed by atoms with Crippen molar-refractivity contribution in [3.63, 3.8) is 0 Å². The lowest BCUT2D eigenvalue weighted by Crippen LogP contribution is -2.37. The van der Waals surface area contributed by atoms with Gasteiger partial charge in [0.15, 0.2) is 0 Å². The molecular weight excluding hydrogens is 364 g/mol. The van der Waals surface area contributed by atoms with Crippen LogP contribution in [-0.4, -0.2) is 11.9 Å². The van der Waals surface area contributed by atoms with Gasteiger partial charge in [0.05, 0.1) is 11.8 Å². The first-order chi connectivity index (χ1) is 13.9. The van der Waals surface area contributed by atoms with Crippen LogP contribution in [0, 0.1) is 51.4 Å². The van der Waals surface area contributed by atoms with Gasteiger partial charge in [-0.05, 0) is 80.3 Å². The van der Waals surface area contributed by atoms with Gasteiger partial charge in [-0.15, -0.1) is 0 Å². The second-order valence-electron chi connectivity index (χ2n) is 8.24. The summed E-state index contributed by atoms with van der Waals surface area (Å²) >= 11 is 0. The van der Waals surface area contributed by atoms with Crippen LogP contribution in [0.5, 0.6) is 11.5 Å². The Labute approximate surface area is 171 Å². The topological polar surface area (TPSA) is 52.6 Å². The van der Waals surface area contributed by atoms with Crippen molar-refractivity contribution in [1.29, 1.82) is 0 Å². The number of rotatable bonds is 4. The Morgan fingerprint density at radius 2 is 1.14 bits per heavy atom. The van der Waals surface area contributed by atoms with Gasteiger partial charge in [0.1, 0.15) is 11.5 Å². The van der Waals surface area contributed by atoms with Crippen molar-refractivity contribution < 1.29 is 19.1 Å². The highest BCUT2D eigenvalue weighted by atomic mass is 16.5. The number of fused-ring (bicyclic) bond motifs is 2. The molecule has 0 N–H and O–H groups in total. The second kappa shape index (κ2) is 7.51. The number of esters is 2. The van der Waals surface area contributed by atoms with Crippen LogP contribution in [0.2, 0.25) is 0 Å². The van der Waals surface area contributed by atoms with E-state index < -0.39 is 11.8 Å². The van der Waals surface area contributed by atoms with Gasteiger partial charge in [-0.2, -0.15) is 0 Å². The predicted octanol–water partition coefficient (Wildman–Crippen LogP) is 4.87. The number of benzene rings is 2. The zero-order valence-electron chi connectivity index (χ0n) is 17.3. The van der Waals surface area contributed by atoms with Crippen LogP contribution in [-0.2, 0) is 9.59 Å². The number of ether oxygens (including phenoxy) is 2. The molecule has 1 saturated carbocycles. The summed E-state index contributed by atoms with van der Waals surface area (Å²) in [5, 5.41) is 0. The Hall–Kier alpha value is -2.88. The van der Waals surface area contributed by atoms with Crippen LogP contribution in [0.4, 0.5) is 0 Å². The van der Waals surface area contributed by atoms with Crippen molar-refractivity contribution in [3.05, 3.63) is 70.8 Å². The molecule has 0 amide bonds. The molecule has 2 aliphatic carbocycles. The molecule has 2 aromatic carbocycles. The number of carbonyl (C=O) groups excluding carboxylic acids is 2. The quantitative estimate of drug-likeness (QED) is 0.425. The van der Waals surface area contributed by atoms with Gasteiger partial charge in [0, 0.05) is 0 Å². The molecule has 1 fully saturated rings. The molecule has 150 valence electrons. The fourth-order valence-corrected chi connectivity index (χ4v) is 4.49. The van der Waals surface area contributed by atoms with Crippen molar-refractivity contribution in [2.45, 2.75) is 34.1 Å². The molecule has 0 heterocycles. The Morgan fingerprint density at radius 3 is 1.55 bits per heavy atom. The summed E-state index contributed by atoms with van der Waals surface area (Å²) in [6.45, 7) is 7.84. The molecular formula is C25H26O4. The third kappa shape index (κ3) is 3.48. The Kier molecular flexibility index (Phi) is 5.03. The average Bonchev–Trinajstić information content (AvgIpc) is 3.30. The molecule has 4 atom stereocenters. The summed E-state index contributed by atoms with van der Waals surface area (Å²) in [6, 6.07) is 11.3. The van der Waals surface area contributed by atoms with Gasteiger partial charge in [0.2, 0.25) is 0 Å². The lowest BCUT2D eigenvalue weighted by atomic mass is 9.83. The summed E-state index contributed by atoms with van der Waals surface area (Å²) in [5.41, 5.74) is 4.01. The fraction of sp³-hybridized carbons (Fsp3) is 0.360. The molecule has 0 saturated heterocycles. The zero-order chi connectivity index (χ0) is 20.7. The normalized spacial score (nSPS) is 24.6. The van der Waals surface area contributed by atoms with E-state index in [1.165, 1.54) is 0 Å². The first-order valence-electron chi connectivity index (χ1n) is 10.1. The third-order valence-electron chi connectivity index (χ3n) is 6.53. The molecule has 4 rings (SSSR count). The molecule has 0 radical (unpaired) electrons. The van der Waals surface area contributed by atoms with Crippen LogP contribution < -0.4 is 9.47 Å². The van der Waals surface area contributed by atoms with E-state index in [9.17, 15) is 9.59 Å². The number of aryl methyl sites for hydroxylation is 2. The number of carbonyl (C=O) groups is 2. The van der Waals surface area contributed by atoms with Gasteiger partial charge in [-0.3, -0.25) is 9.59 Å². The maximum absolute atomic E-state index is 13.1. The van der Waals surface area contributed by atoms with Gasteiger partial charge >= 0.3 is 11.9 Å². The second-order valence-corrected chi connectivity index (χ2v) is 8.24. The largest absolute Gasteiger partial charge is 0.426 e. The van der Waals surface area contributed by atoms with E-state index in [4.69, 9.17) is 9.47 Å². The number of hydrogen-bond acceptors (Lipinski definition) is 4. The zero-order valence-corrected chi connectivity index (χ0v) is 17.3. The number of allylic oxidation sites excluding steroid dienone is 2. The minimum absolute atomic E-state index is 0.0220. The smallest absolute Gasteiger partial charge is 0.315 e. The van der Waals surface area contributed by atoms with E-state index >= 15 is 0 Å². The molecule has 2 aliphatic rings. The van der Waals surface area contributed by atoms with Gasteiger partial charge in [-0.25, -0.2) is 0 Å². The highest BCUT2D eigenvalue weighted by Crippen LogP contribution is 2.49. The van der Waals surface area contributed by atoms with Crippen molar-refractivity contribution >= 4 is 11.9 Å². The van der Waals surface area contributed by atoms with Crippen LogP contribution >= 0.6 is 0 Å². The molecule has 4 nitrogen and oxygen atoms in total. The Bertz CT molecular complexity index is 924. The molecule has 2 bridgehead atoms. The summed E-state index contributed by atoms with van der Waals surface area (Å²) in [5.74, 6) is -0.559. The molecule has 4 unspecified atom stereocenters. The Balaban J connectivity index is 1.57. The lowest BCUT2D eigenvalue weighted by Gasteiger charge is -2.25. The number of hydrogen-bond donors (Lipinski definition) is 0. The monoisotopic (exact) mass is 390 g/mol. The van der Waals surface area contributed by atoms with Crippen LogP contribution in [0.3, 0.4) is 0 Å². The van der Waals surface area contributed by atoms with E-state index in [0.29, 0.717) is 11.5 Å². The van der Waals surface area contributed by atoms with Crippen molar-refractivity contribution in [2.75, 3.05) is 0 Å². The SMILES string of the molecule is Cc1cccc(OC(=O)C2C3C=CC(C3)C2C(=O)Oc2cccc(C)c2C)c1C. The van der Waals surface area contributed by atoms with Crippen molar-refractivity contribution in [3.8, 4) is 11.5 Å². The summed E-state index contributed by atoms with van der Waals surface area (Å²) in [6.07, 6.45) is 4.88. The standard InChI is InChI=1S/C25H26O4/c1-14-7-5-9-20(16(14)3)28-24(26)22-18-11-12-19(13-18)23(22)25(27)29-21-10-6-8-15(2)17(21)4/h5-12,18-19,22-23H,13H2,1-4H3. The summed E-state index contributed by atoms with van der Waals surface area (Å²) < 4.78 is 11.5. The highest BCUT2D eigenvalue weighted by Gasteiger charge is 2.53. The fourth-order valence-electron chi connectivity index (χ4n) is 4.49. The van der Waals surface area contributed by atoms with E-state index in [0.717, 1.165) is 28.7 Å². The van der Waals surface area contributed by atoms with E-state index in [2.05, 4.69) is 0 Å². The molecule has 0 aliphatic heterocycles. The third-order valence-corrected chi connectivity index (χ3v) is 6.53. The Morgan fingerprint density at radius 1 is 0.724 bits per heavy atom. The average molecular weight is 390 g/mol. The summed E-state index contributed by atoms with van der Waals surface area (Å²) in [4.78, 5) is 26.2. The van der Waals surface area contributed by atoms with Crippen LogP contribution in [0.15, 0.2) is 48.6 Å². The van der Waals surface area contributed by atoms with Gasteiger partial charge < -0.3 is 9.47 Å². The highest BCUT2D eigenvalue weighted by molar-refractivity contribution is 5.86. The molecule has 0 spiro atoms. The van der Waals surface area contributed by atoms with Crippen molar-refractivity contribution in [1.82, 2.24) is 0 Å². The van der Waals surface area contributed by atoms with E-state index in [1.807, 2.05) is 64.1 Å². The first-order valence-corrected chi connectivity index (χ1v) is 10.1. The molecule has 4 heteroatoms. The first kappa shape index (κ1) is 19.4. The van der Waals surface area contributed by atoms with Gasteiger partial charge in [-0.1, -0.05) is 36.4 Å². The maximum Gasteiger partial charge on any atom is 0.315 e. The minimum Gasteiger partial charge on any atom is -0.426 e. The van der Waals surface area contributed by atoms with E-state index in [1.54, 1.807) is 12.1 Å². The maximum atomic E-state index is 13.1.